The van der Waals surface area contributed by atoms with Gasteiger partial charge in [0, 0.05) is 41.8 Å². The third-order valence-electron chi connectivity index (χ3n) is 4.85. The summed E-state index contributed by atoms with van der Waals surface area (Å²) in [6.07, 6.45) is 4.98. The van der Waals surface area contributed by atoms with Crippen molar-refractivity contribution in [2.75, 3.05) is 25.5 Å². The van der Waals surface area contributed by atoms with Crippen molar-refractivity contribution in [3.8, 4) is 5.75 Å². The van der Waals surface area contributed by atoms with Crippen LogP contribution < -0.4 is 10.1 Å². The van der Waals surface area contributed by atoms with Gasteiger partial charge in [-0.25, -0.2) is 4.79 Å². The molecular weight excluding hydrogens is 362 g/mol. The molecule has 0 fully saturated rings. The van der Waals surface area contributed by atoms with Crippen LogP contribution in [0.2, 0.25) is 5.02 Å². The molecule has 1 aliphatic heterocycles. The third kappa shape index (κ3) is 3.51. The molecule has 138 valence electrons. The topological polar surface area (TPSA) is 57.4 Å². The second-order valence-corrected chi connectivity index (χ2v) is 6.86. The predicted molar refractivity (Wildman–Crippen MR) is 109 cm³/mol. The summed E-state index contributed by atoms with van der Waals surface area (Å²) in [6, 6.07) is 13.3. The fourth-order valence-corrected chi connectivity index (χ4v) is 3.57. The molecule has 0 unspecified atom stereocenters. The number of ether oxygens (including phenoxy) is 1. The van der Waals surface area contributed by atoms with Gasteiger partial charge in [0.25, 0.3) is 0 Å². The molecule has 0 radical (unpaired) electrons. The number of amides is 2. The first-order chi connectivity index (χ1) is 13.2. The summed E-state index contributed by atoms with van der Waals surface area (Å²) in [4.78, 5) is 17.7. The minimum Gasteiger partial charge on any atom is -0.497 e. The summed E-state index contributed by atoms with van der Waals surface area (Å²) in [5.41, 5.74) is 4.18. The number of rotatable bonds is 3. The number of benzene rings is 2. The lowest BCUT2D eigenvalue weighted by atomic mass is 9.99. The van der Waals surface area contributed by atoms with Crippen LogP contribution in [0, 0.1) is 0 Å². The lowest BCUT2D eigenvalue weighted by molar-refractivity contribution is 0.217. The van der Waals surface area contributed by atoms with Gasteiger partial charge in [-0.1, -0.05) is 35.9 Å². The molecule has 2 N–H and O–H groups in total. The van der Waals surface area contributed by atoms with Crippen molar-refractivity contribution < 1.29 is 9.53 Å². The van der Waals surface area contributed by atoms with Gasteiger partial charge in [0.1, 0.15) is 5.75 Å². The number of nitrogens with zero attached hydrogens (tertiary/aromatic N) is 1. The quantitative estimate of drug-likeness (QED) is 0.659. The van der Waals surface area contributed by atoms with Gasteiger partial charge < -0.3 is 19.9 Å². The Bertz CT molecular complexity index is 1030. The Kier molecular flexibility index (Phi) is 4.77. The van der Waals surface area contributed by atoms with E-state index in [4.69, 9.17) is 16.3 Å². The molecule has 6 heteroatoms. The molecule has 5 nitrogen and oxygen atoms in total. The number of hydrogen-bond acceptors (Lipinski definition) is 2. The molecule has 1 aromatic heterocycles. The summed E-state index contributed by atoms with van der Waals surface area (Å²) in [5.74, 6) is 0.655. The number of carbonyl (C=O) groups is 1. The van der Waals surface area contributed by atoms with Gasteiger partial charge in [-0.05, 0) is 30.2 Å². The van der Waals surface area contributed by atoms with Crippen LogP contribution in [0.5, 0.6) is 5.75 Å². The fraction of sp³-hybridized carbons (Fsp3) is 0.190. The monoisotopic (exact) mass is 381 g/mol. The number of halogens is 1. The Hall–Kier alpha value is -2.92. The van der Waals surface area contributed by atoms with Crippen LogP contribution in [0.4, 0.5) is 10.5 Å². The normalized spacial score (nSPS) is 14.1. The number of anilines is 1. The van der Waals surface area contributed by atoms with Gasteiger partial charge in [-0.2, -0.15) is 0 Å². The summed E-state index contributed by atoms with van der Waals surface area (Å²) >= 11 is 6.21. The number of para-hydroxylation sites is 1. The number of aromatic nitrogens is 1. The van der Waals surface area contributed by atoms with E-state index in [1.807, 2.05) is 18.3 Å². The molecule has 27 heavy (non-hydrogen) atoms. The van der Waals surface area contributed by atoms with E-state index < -0.39 is 0 Å². The molecule has 0 bridgehead atoms. The van der Waals surface area contributed by atoms with E-state index in [0.717, 1.165) is 11.9 Å². The highest BCUT2D eigenvalue weighted by atomic mass is 35.5. The maximum Gasteiger partial charge on any atom is 0.322 e. The first-order valence-corrected chi connectivity index (χ1v) is 9.18. The molecular formula is C21H20ClN3O2. The Morgan fingerprint density at radius 3 is 2.85 bits per heavy atom. The summed E-state index contributed by atoms with van der Waals surface area (Å²) in [6.45, 7) is 1.22. The SMILES string of the molecule is COc1ccc(NC(=O)N2CC=C(c3c[nH]c4ccccc34)CC2)c(Cl)c1. The molecule has 0 aliphatic carbocycles. The van der Waals surface area contributed by atoms with Crippen molar-refractivity contribution in [1.29, 1.82) is 0 Å². The molecule has 1 aliphatic rings. The maximum absolute atomic E-state index is 12.6. The van der Waals surface area contributed by atoms with E-state index in [9.17, 15) is 4.79 Å². The van der Waals surface area contributed by atoms with Gasteiger partial charge in [0.15, 0.2) is 0 Å². The average molecular weight is 382 g/mol. The first-order valence-electron chi connectivity index (χ1n) is 8.80. The molecule has 0 saturated carbocycles. The Balaban J connectivity index is 1.46. The van der Waals surface area contributed by atoms with Crippen LogP contribution in [-0.2, 0) is 0 Å². The number of hydrogen-bond donors (Lipinski definition) is 2. The van der Waals surface area contributed by atoms with Gasteiger partial charge in [0.05, 0.1) is 17.8 Å². The van der Waals surface area contributed by atoms with Crippen molar-refractivity contribution in [3.05, 3.63) is 65.3 Å². The van der Waals surface area contributed by atoms with Crippen LogP contribution in [0.3, 0.4) is 0 Å². The smallest absolute Gasteiger partial charge is 0.322 e. The molecule has 2 amide bonds. The van der Waals surface area contributed by atoms with Crippen LogP contribution in [0.1, 0.15) is 12.0 Å². The summed E-state index contributed by atoms with van der Waals surface area (Å²) < 4.78 is 5.13. The maximum atomic E-state index is 12.6. The van der Waals surface area contributed by atoms with Crippen LogP contribution >= 0.6 is 11.6 Å². The van der Waals surface area contributed by atoms with E-state index in [2.05, 4.69) is 28.5 Å². The van der Waals surface area contributed by atoms with Gasteiger partial charge in [-0.15, -0.1) is 0 Å². The zero-order valence-electron chi connectivity index (χ0n) is 15.0. The Morgan fingerprint density at radius 2 is 2.11 bits per heavy atom. The first kappa shape index (κ1) is 17.5. The van der Waals surface area contributed by atoms with Crippen LogP contribution in [-0.4, -0.2) is 36.1 Å². The van der Waals surface area contributed by atoms with Crippen molar-refractivity contribution >= 4 is 39.8 Å². The minimum absolute atomic E-state index is 0.156. The van der Waals surface area contributed by atoms with E-state index in [-0.39, 0.29) is 6.03 Å². The number of fused-ring (bicyclic) bond motifs is 1. The highest BCUT2D eigenvalue weighted by molar-refractivity contribution is 6.33. The lowest BCUT2D eigenvalue weighted by Crippen LogP contribution is -2.37. The van der Waals surface area contributed by atoms with Crippen molar-refractivity contribution in [2.45, 2.75) is 6.42 Å². The highest BCUT2D eigenvalue weighted by Crippen LogP contribution is 2.30. The number of urea groups is 1. The second kappa shape index (κ2) is 7.37. The Labute approximate surface area is 162 Å². The average Bonchev–Trinajstić information content (AvgIpc) is 3.13. The molecule has 2 aromatic carbocycles. The lowest BCUT2D eigenvalue weighted by Gasteiger charge is -2.27. The van der Waals surface area contributed by atoms with E-state index in [1.54, 1.807) is 30.2 Å². The molecule has 0 atom stereocenters. The van der Waals surface area contributed by atoms with Crippen LogP contribution in [0.15, 0.2) is 54.7 Å². The van der Waals surface area contributed by atoms with Crippen molar-refractivity contribution in [3.63, 3.8) is 0 Å². The van der Waals surface area contributed by atoms with Gasteiger partial charge in [0.2, 0.25) is 0 Å². The van der Waals surface area contributed by atoms with Crippen molar-refractivity contribution in [1.82, 2.24) is 9.88 Å². The van der Waals surface area contributed by atoms with Gasteiger partial charge in [-0.3, -0.25) is 0 Å². The molecule has 0 spiro atoms. The zero-order valence-corrected chi connectivity index (χ0v) is 15.7. The zero-order chi connectivity index (χ0) is 18.8. The van der Waals surface area contributed by atoms with Crippen LogP contribution in [0.25, 0.3) is 16.5 Å². The number of H-pyrrole nitrogens is 1. The largest absolute Gasteiger partial charge is 0.497 e. The third-order valence-corrected chi connectivity index (χ3v) is 5.16. The van der Waals surface area contributed by atoms with Crippen molar-refractivity contribution in [2.24, 2.45) is 0 Å². The molecule has 4 rings (SSSR count). The summed E-state index contributed by atoms with van der Waals surface area (Å²) in [5, 5.41) is 4.54. The number of carbonyl (C=O) groups excluding carboxylic acids is 1. The van der Waals surface area contributed by atoms with Gasteiger partial charge >= 0.3 is 6.03 Å². The standard InChI is InChI=1S/C21H20ClN3O2/c1-27-15-6-7-20(18(22)12-15)24-21(26)25-10-8-14(9-11-25)17-13-23-19-5-3-2-4-16(17)19/h2-8,12-13,23H,9-11H2,1H3,(H,24,26). The predicted octanol–water partition coefficient (Wildman–Crippen LogP) is 5.15. The number of nitrogens with one attached hydrogen (secondary N) is 2. The summed E-state index contributed by atoms with van der Waals surface area (Å²) in [7, 11) is 1.58. The molecule has 2 heterocycles. The molecule has 0 saturated heterocycles. The van der Waals surface area contributed by atoms with E-state index in [0.29, 0.717) is 29.5 Å². The highest BCUT2D eigenvalue weighted by Gasteiger charge is 2.20. The fourth-order valence-electron chi connectivity index (χ4n) is 3.35. The second-order valence-electron chi connectivity index (χ2n) is 6.45. The van der Waals surface area contributed by atoms with E-state index >= 15 is 0 Å². The van der Waals surface area contributed by atoms with E-state index in [1.165, 1.54) is 16.5 Å². The minimum atomic E-state index is -0.156. The number of aromatic amines is 1. The number of methoxy groups -OCH3 is 1. The molecule has 3 aromatic rings. The Morgan fingerprint density at radius 1 is 1.26 bits per heavy atom.